The van der Waals surface area contributed by atoms with Gasteiger partial charge in [0.2, 0.25) is 5.91 Å². The molecule has 1 saturated heterocycles. The van der Waals surface area contributed by atoms with E-state index >= 15 is 0 Å². The Morgan fingerprint density at radius 3 is 2.10 bits per heavy atom. The Bertz CT molecular complexity index is 914. The summed E-state index contributed by atoms with van der Waals surface area (Å²) >= 11 is 0. The molecule has 0 bridgehead atoms. The van der Waals surface area contributed by atoms with Crippen molar-refractivity contribution in [2.24, 2.45) is 5.92 Å². The number of urea groups is 1. The summed E-state index contributed by atoms with van der Waals surface area (Å²) in [5.41, 5.74) is 0.635. The zero-order chi connectivity index (χ0) is 21.1. The highest BCUT2D eigenvalue weighted by atomic mass is 19.1. The number of hydrogen-bond donors (Lipinski definition) is 1. The molecule has 0 aromatic heterocycles. The fraction of sp³-hybridized carbons (Fsp3) is 0.286. The van der Waals surface area contributed by atoms with Gasteiger partial charge in [0, 0.05) is 12.2 Å². The third kappa shape index (κ3) is 4.59. The third-order valence-electron chi connectivity index (χ3n) is 4.47. The monoisotopic (exact) mass is 401 g/mol. The molecule has 1 N–H and O–H groups in total. The molecule has 0 aliphatic carbocycles. The fourth-order valence-electron chi connectivity index (χ4n) is 3.18. The summed E-state index contributed by atoms with van der Waals surface area (Å²) in [6.45, 7) is 4.08. The van der Waals surface area contributed by atoms with Crippen molar-refractivity contribution in [2.45, 2.75) is 26.3 Å². The number of amides is 4. The molecule has 4 amide bonds. The van der Waals surface area contributed by atoms with E-state index in [1.807, 2.05) is 13.8 Å². The van der Waals surface area contributed by atoms with Gasteiger partial charge in [0.15, 0.2) is 0 Å². The van der Waals surface area contributed by atoms with E-state index in [9.17, 15) is 23.2 Å². The predicted octanol–water partition coefficient (Wildman–Crippen LogP) is 3.79. The van der Waals surface area contributed by atoms with Crippen LogP contribution in [0.15, 0.2) is 48.5 Å². The summed E-state index contributed by atoms with van der Waals surface area (Å²) in [5.74, 6) is -1.86. The zero-order valence-electron chi connectivity index (χ0n) is 16.1. The zero-order valence-corrected chi connectivity index (χ0v) is 16.1. The average Bonchev–Trinajstić information content (AvgIpc) is 2.88. The highest BCUT2D eigenvalue weighted by Gasteiger charge is 2.46. The molecule has 1 heterocycles. The average molecular weight is 401 g/mol. The number of imide groups is 1. The molecule has 152 valence electrons. The number of anilines is 2. The summed E-state index contributed by atoms with van der Waals surface area (Å²) < 4.78 is 26.2. The van der Waals surface area contributed by atoms with Crippen LogP contribution in [0.5, 0.6) is 0 Å². The van der Waals surface area contributed by atoms with Crippen LogP contribution in [0.3, 0.4) is 0 Å². The molecule has 1 atom stereocenters. The van der Waals surface area contributed by atoms with Gasteiger partial charge in [-0.15, -0.1) is 0 Å². The van der Waals surface area contributed by atoms with Crippen LogP contribution in [0.1, 0.15) is 20.3 Å². The third-order valence-corrected chi connectivity index (χ3v) is 4.47. The number of hydrogen-bond acceptors (Lipinski definition) is 3. The first-order valence-electron chi connectivity index (χ1n) is 9.22. The molecule has 2 aromatic rings. The molecular weight excluding hydrogens is 380 g/mol. The molecule has 1 aliphatic rings. The van der Waals surface area contributed by atoms with Gasteiger partial charge in [0.1, 0.15) is 17.7 Å². The van der Waals surface area contributed by atoms with E-state index in [1.165, 1.54) is 41.3 Å². The second-order valence-electron chi connectivity index (χ2n) is 7.25. The summed E-state index contributed by atoms with van der Waals surface area (Å²) in [5, 5.41) is 2.60. The first-order chi connectivity index (χ1) is 13.8. The summed E-state index contributed by atoms with van der Waals surface area (Å²) in [6.07, 6.45) is -0.244. The van der Waals surface area contributed by atoms with E-state index < -0.39 is 35.5 Å². The number of nitrogens with one attached hydrogen (secondary N) is 1. The lowest BCUT2D eigenvalue weighted by molar-refractivity contribution is -0.124. The van der Waals surface area contributed by atoms with E-state index in [4.69, 9.17) is 0 Å². The molecule has 1 aliphatic heterocycles. The van der Waals surface area contributed by atoms with Crippen LogP contribution >= 0.6 is 0 Å². The largest absolute Gasteiger partial charge is 0.332 e. The van der Waals surface area contributed by atoms with E-state index in [0.717, 1.165) is 17.0 Å². The van der Waals surface area contributed by atoms with Gasteiger partial charge in [-0.1, -0.05) is 13.8 Å². The van der Waals surface area contributed by atoms with Gasteiger partial charge in [-0.3, -0.25) is 9.59 Å². The molecular formula is C21H21F2N3O3. The van der Waals surface area contributed by atoms with Crippen molar-refractivity contribution in [1.82, 2.24) is 4.90 Å². The normalized spacial score (nSPS) is 16.7. The lowest BCUT2D eigenvalue weighted by Crippen LogP contribution is -2.40. The Kier molecular flexibility index (Phi) is 5.91. The second-order valence-corrected chi connectivity index (χ2v) is 7.25. The topological polar surface area (TPSA) is 69.7 Å². The van der Waals surface area contributed by atoms with Gasteiger partial charge in [-0.25, -0.2) is 18.5 Å². The minimum absolute atomic E-state index is 0.0718. The number of benzene rings is 2. The van der Waals surface area contributed by atoms with Gasteiger partial charge >= 0.3 is 6.03 Å². The highest BCUT2D eigenvalue weighted by Crippen LogP contribution is 2.28. The van der Waals surface area contributed by atoms with Crippen LogP contribution in [-0.2, 0) is 9.59 Å². The number of carbonyl (C=O) groups excluding carboxylic acids is 3. The van der Waals surface area contributed by atoms with Crippen LogP contribution in [0.25, 0.3) is 0 Å². The van der Waals surface area contributed by atoms with Gasteiger partial charge in [-0.05, 0) is 54.4 Å². The molecule has 1 fully saturated rings. The Balaban J connectivity index is 1.81. The maximum atomic E-state index is 13.2. The van der Waals surface area contributed by atoms with Crippen molar-refractivity contribution in [3.05, 3.63) is 60.2 Å². The van der Waals surface area contributed by atoms with Gasteiger partial charge < -0.3 is 10.2 Å². The van der Waals surface area contributed by atoms with Crippen molar-refractivity contribution < 1.29 is 23.2 Å². The number of carbonyl (C=O) groups is 3. The van der Waals surface area contributed by atoms with Crippen LogP contribution in [-0.4, -0.2) is 35.3 Å². The van der Waals surface area contributed by atoms with E-state index in [-0.39, 0.29) is 24.6 Å². The fourth-order valence-corrected chi connectivity index (χ4v) is 3.18. The molecule has 0 spiro atoms. The number of halogens is 2. The van der Waals surface area contributed by atoms with Gasteiger partial charge in [0.05, 0.1) is 12.1 Å². The van der Waals surface area contributed by atoms with Crippen molar-refractivity contribution in [3.8, 4) is 0 Å². The lowest BCUT2D eigenvalue weighted by atomic mass is 10.1. The summed E-state index contributed by atoms with van der Waals surface area (Å²) in [6, 6.07) is 8.73. The molecule has 0 unspecified atom stereocenters. The molecule has 29 heavy (non-hydrogen) atoms. The number of nitrogens with zero attached hydrogens (tertiary/aromatic N) is 2. The van der Waals surface area contributed by atoms with E-state index in [2.05, 4.69) is 5.32 Å². The number of rotatable bonds is 6. The summed E-state index contributed by atoms with van der Waals surface area (Å²) in [4.78, 5) is 40.6. The molecule has 6 nitrogen and oxygen atoms in total. The SMILES string of the molecule is CC(C)CN1C(=O)N(c2ccc(F)cc2)C(=O)[C@@H]1CC(=O)Nc1ccc(F)cc1. The molecule has 0 saturated carbocycles. The smallest absolute Gasteiger partial charge is 0.326 e. The maximum absolute atomic E-state index is 13.2. The quantitative estimate of drug-likeness (QED) is 0.749. The Hall–Kier alpha value is -3.29. The minimum atomic E-state index is -0.976. The van der Waals surface area contributed by atoms with Gasteiger partial charge in [-0.2, -0.15) is 0 Å². The van der Waals surface area contributed by atoms with Crippen LogP contribution in [0.2, 0.25) is 0 Å². The highest BCUT2D eigenvalue weighted by molar-refractivity contribution is 6.22. The van der Waals surface area contributed by atoms with Crippen molar-refractivity contribution >= 4 is 29.2 Å². The van der Waals surface area contributed by atoms with E-state index in [1.54, 1.807) is 0 Å². The van der Waals surface area contributed by atoms with Crippen LogP contribution in [0, 0.1) is 17.6 Å². The summed E-state index contributed by atoms with van der Waals surface area (Å²) in [7, 11) is 0. The maximum Gasteiger partial charge on any atom is 0.332 e. The Morgan fingerprint density at radius 2 is 1.55 bits per heavy atom. The lowest BCUT2D eigenvalue weighted by Gasteiger charge is -2.23. The van der Waals surface area contributed by atoms with Gasteiger partial charge in [0.25, 0.3) is 5.91 Å². The molecule has 2 aromatic carbocycles. The molecule has 3 rings (SSSR count). The molecule has 0 radical (unpaired) electrons. The van der Waals surface area contributed by atoms with Crippen LogP contribution < -0.4 is 10.2 Å². The Morgan fingerprint density at radius 1 is 1.00 bits per heavy atom. The van der Waals surface area contributed by atoms with Crippen molar-refractivity contribution in [2.75, 3.05) is 16.8 Å². The van der Waals surface area contributed by atoms with E-state index in [0.29, 0.717) is 5.69 Å². The first kappa shape index (κ1) is 20.4. The molecule has 8 heteroatoms. The van der Waals surface area contributed by atoms with Crippen molar-refractivity contribution in [3.63, 3.8) is 0 Å². The van der Waals surface area contributed by atoms with Crippen LogP contribution in [0.4, 0.5) is 25.0 Å². The van der Waals surface area contributed by atoms with Crippen molar-refractivity contribution in [1.29, 1.82) is 0 Å². The first-order valence-corrected chi connectivity index (χ1v) is 9.22. The second kappa shape index (κ2) is 8.38. The minimum Gasteiger partial charge on any atom is -0.326 e. The Labute approximate surface area is 167 Å². The predicted molar refractivity (Wildman–Crippen MR) is 104 cm³/mol. The standard InChI is InChI=1S/C21H21F2N3O3/c1-13(2)12-25-18(11-19(27)24-16-7-3-14(22)4-8-16)20(28)26(21(25)29)17-9-5-15(23)6-10-17/h3-10,13,18H,11-12H2,1-2H3,(H,24,27)/t18-/m0/s1.